The summed E-state index contributed by atoms with van der Waals surface area (Å²) in [4.78, 5) is 0. The van der Waals surface area contributed by atoms with Gasteiger partial charge in [0.2, 0.25) is 0 Å². The van der Waals surface area contributed by atoms with Crippen LogP contribution in [0.15, 0.2) is 18.2 Å². The molecule has 0 aliphatic carbocycles. The van der Waals surface area contributed by atoms with Crippen LogP contribution in [0.1, 0.15) is 24.5 Å². The summed E-state index contributed by atoms with van der Waals surface area (Å²) in [6, 6.07) is 5.83. The van der Waals surface area contributed by atoms with Crippen LogP contribution in [-0.4, -0.2) is 26.5 Å². The van der Waals surface area contributed by atoms with Crippen molar-refractivity contribution < 1.29 is 13.2 Å². The standard InChI is InChI=1S/C13H21NO3S/c1-3-18(15,16)8-4-7-17-13-9-12(10-14)6-5-11(13)2/h5-6,9H,3-4,7-8,10,14H2,1-2H3. The highest BCUT2D eigenvalue weighted by Crippen LogP contribution is 2.19. The second-order valence-electron chi connectivity index (χ2n) is 4.24. The SMILES string of the molecule is CCS(=O)(=O)CCCOc1cc(CN)ccc1C. The van der Waals surface area contributed by atoms with E-state index in [4.69, 9.17) is 10.5 Å². The molecule has 0 radical (unpaired) electrons. The maximum Gasteiger partial charge on any atom is 0.150 e. The molecule has 0 saturated carbocycles. The Balaban J connectivity index is 2.49. The van der Waals surface area contributed by atoms with Gasteiger partial charge in [0.1, 0.15) is 15.6 Å². The first-order valence-corrected chi connectivity index (χ1v) is 7.93. The van der Waals surface area contributed by atoms with E-state index in [-0.39, 0.29) is 11.5 Å². The van der Waals surface area contributed by atoms with Crippen LogP contribution in [0.25, 0.3) is 0 Å². The zero-order valence-corrected chi connectivity index (χ0v) is 11.8. The van der Waals surface area contributed by atoms with Gasteiger partial charge in [0, 0.05) is 12.3 Å². The second-order valence-corrected chi connectivity index (χ2v) is 6.72. The number of hydrogen-bond acceptors (Lipinski definition) is 4. The molecule has 0 fully saturated rings. The van der Waals surface area contributed by atoms with Crippen molar-refractivity contribution in [3.05, 3.63) is 29.3 Å². The van der Waals surface area contributed by atoms with Gasteiger partial charge in [0.25, 0.3) is 0 Å². The van der Waals surface area contributed by atoms with Gasteiger partial charge in [-0.25, -0.2) is 8.42 Å². The van der Waals surface area contributed by atoms with Gasteiger partial charge < -0.3 is 10.5 Å². The first-order valence-electron chi connectivity index (χ1n) is 6.11. The summed E-state index contributed by atoms with van der Waals surface area (Å²) < 4.78 is 28.2. The molecule has 18 heavy (non-hydrogen) atoms. The van der Waals surface area contributed by atoms with Gasteiger partial charge in [0.05, 0.1) is 12.4 Å². The van der Waals surface area contributed by atoms with Gasteiger partial charge in [-0.2, -0.15) is 0 Å². The number of aryl methyl sites for hydroxylation is 1. The third-order valence-electron chi connectivity index (χ3n) is 2.79. The Kier molecular flexibility index (Phi) is 5.62. The Morgan fingerprint density at radius 2 is 2.06 bits per heavy atom. The van der Waals surface area contributed by atoms with Crippen LogP contribution in [0.4, 0.5) is 0 Å². The molecule has 0 amide bonds. The molecule has 4 nitrogen and oxygen atoms in total. The molecule has 0 spiro atoms. The van der Waals surface area contributed by atoms with Crippen molar-refractivity contribution in [1.29, 1.82) is 0 Å². The summed E-state index contributed by atoms with van der Waals surface area (Å²) in [5.74, 6) is 1.15. The molecule has 0 aliphatic heterocycles. The van der Waals surface area contributed by atoms with Crippen LogP contribution in [0.3, 0.4) is 0 Å². The van der Waals surface area contributed by atoms with Crippen LogP contribution in [0.5, 0.6) is 5.75 Å². The van der Waals surface area contributed by atoms with E-state index in [0.717, 1.165) is 16.9 Å². The zero-order valence-electron chi connectivity index (χ0n) is 11.0. The maximum absolute atomic E-state index is 11.3. The van der Waals surface area contributed by atoms with Crippen molar-refractivity contribution >= 4 is 9.84 Å². The highest BCUT2D eigenvalue weighted by molar-refractivity contribution is 7.91. The Labute approximate surface area is 109 Å². The average molecular weight is 271 g/mol. The summed E-state index contributed by atoms with van der Waals surface area (Å²) in [6.45, 7) is 4.50. The third-order valence-corrected chi connectivity index (χ3v) is 4.58. The number of rotatable bonds is 7. The molecule has 102 valence electrons. The fourth-order valence-electron chi connectivity index (χ4n) is 1.53. The fraction of sp³-hybridized carbons (Fsp3) is 0.538. The lowest BCUT2D eigenvalue weighted by atomic mass is 10.1. The smallest absolute Gasteiger partial charge is 0.150 e. The number of sulfone groups is 1. The van der Waals surface area contributed by atoms with Crippen molar-refractivity contribution in [3.8, 4) is 5.75 Å². The summed E-state index contributed by atoms with van der Waals surface area (Å²) in [5.41, 5.74) is 7.61. The lowest BCUT2D eigenvalue weighted by molar-refractivity contribution is 0.315. The van der Waals surface area contributed by atoms with E-state index in [2.05, 4.69) is 0 Å². The van der Waals surface area contributed by atoms with Crippen molar-refractivity contribution in [2.75, 3.05) is 18.1 Å². The Bertz CT molecular complexity index is 483. The number of ether oxygens (including phenoxy) is 1. The second kappa shape index (κ2) is 6.75. The number of hydrogen-bond donors (Lipinski definition) is 1. The maximum atomic E-state index is 11.3. The molecule has 1 aromatic rings. The van der Waals surface area contributed by atoms with Crippen LogP contribution in [0, 0.1) is 6.92 Å². The minimum Gasteiger partial charge on any atom is -0.493 e. The molecular formula is C13H21NO3S. The van der Waals surface area contributed by atoms with Crippen molar-refractivity contribution in [3.63, 3.8) is 0 Å². The molecule has 2 N–H and O–H groups in total. The molecule has 0 heterocycles. The predicted octanol–water partition coefficient (Wildman–Crippen LogP) is 1.66. The molecular weight excluding hydrogens is 250 g/mol. The van der Waals surface area contributed by atoms with E-state index >= 15 is 0 Å². The normalized spacial score (nSPS) is 11.5. The summed E-state index contributed by atoms with van der Waals surface area (Å²) >= 11 is 0. The number of benzene rings is 1. The molecule has 0 bridgehead atoms. The topological polar surface area (TPSA) is 69.4 Å². The summed E-state index contributed by atoms with van der Waals surface area (Å²) in [7, 11) is -2.90. The van der Waals surface area contributed by atoms with Gasteiger partial charge in [-0.1, -0.05) is 19.1 Å². The Morgan fingerprint density at radius 3 is 2.67 bits per heavy atom. The van der Waals surface area contributed by atoms with Gasteiger partial charge in [-0.3, -0.25) is 0 Å². The minimum atomic E-state index is -2.90. The lowest BCUT2D eigenvalue weighted by Crippen LogP contribution is -2.12. The molecule has 0 aromatic heterocycles. The fourth-order valence-corrected chi connectivity index (χ4v) is 2.38. The Morgan fingerprint density at radius 1 is 1.33 bits per heavy atom. The van der Waals surface area contributed by atoms with Gasteiger partial charge in [0.15, 0.2) is 0 Å². The highest BCUT2D eigenvalue weighted by atomic mass is 32.2. The largest absolute Gasteiger partial charge is 0.493 e. The van der Waals surface area contributed by atoms with Crippen LogP contribution >= 0.6 is 0 Å². The molecule has 1 rings (SSSR count). The first kappa shape index (κ1) is 15.0. The molecule has 0 aliphatic rings. The van der Waals surface area contributed by atoms with Gasteiger partial charge >= 0.3 is 0 Å². The minimum absolute atomic E-state index is 0.180. The summed E-state index contributed by atoms with van der Waals surface area (Å²) in [6.07, 6.45) is 0.516. The lowest BCUT2D eigenvalue weighted by Gasteiger charge is -2.10. The third kappa shape index (κ3) is 4.66. The van der Waals surface area contributed by atoms with Crippen molar-refractivity contribution in [1.82, 2.24) is 0 Å². The van der Waals surface area contributed by atoms with E-state index in [1.54, 1.807) is 6.92 Å². The van der Waals surface area contributed by atoms with Crippen LogP contribution < -0.4 is 10.5 Å². The Hall–Kier alpha value is -1.07. The molecule has 0 saturated heterocycles. The monoisotopic (exact) mass is 271 g/mol. The van der Waals surface area contributed by atoms with E-state index in [9.17, 15) is 8.42 Å². The van der Waals surface area contributed by atoms with E-state index in [1.807, 2.05) is 25.1 Å². The van der Waals surface area contributed by atoms with E-state index in [0.29, 0.717) is 19.6 Å². The summed E-state index contributed by atoms with van der Waals surface area (Å²) in [5, 5.41) is 0. The predicted molar refractivity (Wildman–Crippen MR) is 73.5 cm³/mol. The average Bonchev–Trinajstić information content (AvgIpc) is 2.36. The van der Waals surface area contributed by atoms with E-state index in [1.165, 1.54) is 0 Å². The van der Waals surface area contributed by atoms with Gasteiger partial charge in [-0.05, 0) is 30.5 Å². The zero-order chi connectivity index (χ0) is 13.6. The first-order chi connectivity index (χ1) is 8.48. The number of nitrogens with two attached hydrogens (primary N) is 1. The van der Waals surface area contributed by atoms with Crippen LogP contribution in [-0.2, 0) is 16.4 Å². The van der Waals surface area contributed by atoms with Crippen molar-refractivity contribution in [2.24, 2.45) is 5.73 Å². The van der Waals surface area contributed by atoms with Crippen LogP contribution in [0.2, 0.25) is 0 Å². The van der Waals surface area contributed by atoms with Crippen molar-refractivity contribution in [2.45, 2.75) is 26.8 Å². The van der Waals surface area contributed by atoms with Gasteiger partial charge in [-0.15, -0.1) is 0 Å². The van der Waals surface area contributed by atoms with E-state index < -0.39 is 9.84 Å². The highest BCUT2D eigenvalue weighted by Gasteiger charge is 2.07. The molecule has 0 unspecified atom stereocenters. The molecule has 5 heteroatoms. The quantitative estimate of drug-likeness (QED) is 0.766. The molecule has 1 aromatic carbocycles. The molecule has 0 atom stereocenters.